The quantitative estimate of drug-likeness (QED) is 0.773. The molecule has 3 nitrogen and oxygen atoms in total. The Labute approximate surface area is 130 Å². The summed E-state index contributed by atoms with van der Waals surface area (Å²) in [6.45, 7) is 7.40. The van der Waals surface area contributed by atoms with Gasteiger partial charge in [0.25, 0.3) is 0 Å². The predicted octanol–water partition coefficient (Wildman–Crippen LogP) is 4.27. The van der Waals surface area contributed by atoms with Crippen molar-refractivity contribution in [3.63, 3.8) is 0 Å². The number of hydrogen-bond acceptors (Lipinski definition) is 5. The highest BCUT2D eigenvalue weighted by Crippen LogP contribution is 2.47. The molecule has 5 heteroatoms. The minimum atomic E-state index is 0.320. The average molecular weight is 316 g/mol. The first-order valence-electron chi connectivity index (χ1n) is 6.63. The van der Waals surface area contributed by atoms with Crippen molar-refractivity contribution < 1.29 is 14.2 Å². The van der Waals surface area contributed by atoms with E-state index < -0.39 is 0 Å². The molecule has 1 aliphatic rings. The summed E-state index contributed by atoms with van der Waals surface area (Å²) in [4.78, 5) is 0. The maximum atomic E-state index is 5.58. The molecule has 1 aromatic carbocycles. The number of ether oxygens (including phenoxy) is 3. The van der Waals surface area contributed by atoms with Gasteiger partial charge in [-0.15, -0.1) is 0 Å². The molecule has 2 rings (SSSR count). The Morgan fingerprint density at radius 3 is 2.20 bits per heavy atom. The zero-order valence-corrected chi connectivity index (χ0v) is 14.5. The first-order valence-corrected chi connectivity index (χ1v) is 8.95. The number of hydrogen-bond donors (Lipinski definition) is 0. The lowest BCUT2D eigenvalue weighted by molar-refractivity contribution is 0.0613. The predicted molar refractivity (Wildman–Crippen MR) is 89.1 cm³/mol. The van der Waals surface area contributed by atoms with Gasteiger partial charge in [0.1, 0.15) is 11.5 Å². The van der Waals surface area contributed by atoms with E-state index in [1.54, 1.807) is 14.2 Å². The van der Waals surface area contributed by atoms with Gasteiger partial charge in [-0.25, -0.2) is 0 Å². The van der Waals surface area contributed by atoms with Crippen molar-refractivity contribution in [3.8, 4) is 11.5 Å². The Kier molecular flexibility index (Phi) is 7.62. The van der Waals surface area contributed by atoms with E-state index in [0.29, 0.717) is 10.9 Å². The Morgan fingerprint density at radius 1 is 1.20 bits per heavy atom. The van der Waals surface area contributed by atoms with E-state index in [1.165, 1.54) is 0 Å². The van der Waals surface area contributed by atoms with Crippen molar-refractivity contribution in [2.75, 3.05) is 26.6 Å². The molecule has 0 radical (unpaired) electrons. The lowest BCUT2D eigenvalue weighted by Gasteiger charge is -2.23. The van der Waals surface area contributed by atoms with Crippen LogP contribution in [0.5, 0.6) is 11.5 Å². The molecular weight excluding hydrogens is 292 g/mol. The van der Waals surface area contributed by atoms with Crippen molar-refractivity contribution in [2.45, 2.75) is 31.6 Å². The van der Waals surface area contributed by atoms with Crippen LogP contribution < -0.4 is 9.47 Å². The molecule has 0 aliphatic carbocycles. The summed E-state index contributed by atoms with van der Waals surface area (Å²) in [5.74, 6) is 2.78. The highest BCUT2D eigenvalue weighted by atomic mass is 33.1. The smallest absolute Gasteiger partial charge is 0.122 e. The molecule has 0 aromatic heterocycles. The van der Waals surface area contributed by atoms with Gasteiger partial charge in [-0.1, -0.05) is 27.7 Å². The minimum absolute atomic E-state index is 0.320. The molecule has 0 N–H and O–H groups in total. The first-order chi connectivity index (χ1) is 9.53. The summed E-state index contributed by atoms with van der Waals surface area (Å²) in [6.07, 6.45) is 0.451. The standard InChI is InChI=1S/C8H10O2.C7H14OS2/c1-9-7-4-3-5-8(6-7)10-2;1-4-8-6-5-9-10-7(6,2)3/h3-6H,1-2H3;6H,4-5H2,1-3H3. The molecule has 0 bridgehead atoms. The van der Waals surface area contributed by atoms with Crippen LogP contribution in [0.2, 0.25) is 0 Å². The Morgan fingerprint density at radius 2 is 1.80 bits per heavy atom. The summed E-state index contributed by atoms with van der Waals surface area (Å²) in [6, 6.07) is 7.47. The van der Waals surface area contributed by atoms with Crippen LogP contribution in [0.1, 0.15) is 20.8 Å². The SMILES string of the molecule is CCOC1CSSC1(C)C.COc1cccc(OC)c1. The van der Waals surface area contributed by atoms with E-state index in [0.717, 1.165) is 23.9 Å². The average Bonchev–Trinajstić information content (AvgIpc) is 2.79. The monoisotopic (exact) mass is 316 g/mol. The second-order valence-corrected chi connectivity index (χ2v) is 7.79. The van der Waals surface area contributed by atoms with E-state index in [4.69, 9.17) is 14.2 Å². The molecule has 1 saturated heterocycles. The van der Waals surface area contributed by atoms with E-state index >= 15 is 0 Å². The van der Waals surface area contributed by atoms with Gasteiger partial charge in [0.2, 0.25) is 0 Å². The van der Waals surface area contributed by atoms with E-state index in [1.807, 2.05) is 45.9 Å². The van der Waals surface area contributed by atoms with Crippen molar-refractivity contribution >= 4 is 21.6 Å². The van der Waals surface area contributed by atoms with Crippen LogP contribution in [-0.4, -0.2) is 37.4 Å². The zero-order chi connectivity index (χ0) is 15.0. The lowest BCUT2D eigenvalue weighted by Crippen LogP contribution is -2.32. The van der Waals surface area contributed by atoms with Crippen molar-refractivity contribution in [1.82, 2.24) is 0 Å². The van der Waals surface area contributed by atoms with Crippen LogP contribution in [0.15, 0.2) is 24.3 Å². The molecule has 1 heterocycles. The van der Waals surface area contributed by atoms with Gasteiger partial charge in [-0.05, 0) is 32.9 Å². The van der Waals surface area contributed by atoms with Crippen molar-refractivity contribution in [2.24, 2.45) is 0 Å². The topological polar surface area (TPSA) is 27.7 Å². The van der Waals surface area contributed by atoms with Gasteiger partial charge in [-0.3, -0.25) is 0 Å². The largest absolute Gasteiger partial charge is 0.497 e. The fourth-order valence-electron chi connectivity index (χ4n) is 1.68. The van der Waals surface area contributed by atoms with Crippen LogP contribution >= 0.6 is 21.6 Å². The first kappa shape index (κ1) is 17.5. The van der Waals surface area contributed by atoms with Crippen LogP contribution in [0.25, 0.3) is 0 Å². The molecule has 20 heavy (non-hydrogen) atoms. The highest BCUT2D eigenvalue weighted by molar-refractivity contribution is 8.77. The molecule has 0 spiro atoms. The van der Waals surface area contributed by atoms with Crippen LogP contribution in [-0.2, 0) is 4.74 Å². The molecule has 0 saturated carbocycles. The summed E-state index contributed by atoms with van der Waals surface area (Å²) in [5.41, 5.74) is 0. The fourth-order valence-corrected chi connectivity index (χ4v) is 4.86. The van der Waals surface area contributed by atoms with Gasteiger partial charge in [0.15, 0.2) is 0 Å². The third-order valence-electron chi connectivity index (χ3n) is 2.91. The zero-order valence-electron chi connectivity index (χ0n) is 12.8. The summed E-state index contributed by atoms with van der Waals surface area (Å²) >= 11 is 0. The van der Waals surface area contributed by atoms with Gasteiger partial charge in [0.05, 0.1) is 20.3 Å². The molecule has 1 unspecified atom stereocenters. The summed E-state index contributed by atoms with van der Waals surface area (Å²) in [7, 11) is 7.13. The molecular formula is C15H24O3S2. The maximum Gasteiger partial charge on any atom is 0.122 e. The van der Waals surface area contributed by atoms with E-state index in [2.05, 4.69) is 20.8 Å². The third kappa shape index (κ3) is 5.46. The molecule has 1 aromatic rings. The second-order valence-electron chi connectivity index (χ2n) is 4.80. The van der Waals surface area contributed by atoms with E-state index in [-0.39, 0.29) is 0 Å². The number of rotatable bonds is 4. The van der Waals surface area contributed by atoms with Gasteiger partial charge >= 0.3 is 0 Å². The van der Waals surface area contributed by atoms with E-state index in [9.17, 15) is 0 Å². The number of methoxy groups -OCH3 is 2. The maximum absolute atomic E-state index is 5.58. The van der Waals surface area contributed by atoms with Crippen LogP contribution in [0, 0.1) is 0 Å². The minimum Gasteiger partial charge on any atom is -0.497 e. The molecule has 1 atom stereocenters. The lowest BCUT2D eigenvalue weighted by atomic mass is 10.1. The van der Waals surface area contributed by atoms with Gasteiger partial charge < -0.3 is 14.2 Å². The fraction of sp³-hybridized carbons (Fsp3) is 0.600. The molecule has 1 aliphatic heterocycles. The van der Waals surface area contributed by atoms with Crippen LogP contribution in [0.3, 0.4) is 0 Å². The summed E-state index contributed by atoms with van der Waals surface area (Å²) in [5, 5.41) is 0. The Balaban J connectivity index is 0.000000200. The normalized spacial score (nSPS) is 19.9. The molecule has 0 amide bonds. The van der Waals surface area contributed by atoms with Gasteiger partial charge in [0, 0.05) is 23.2 Å². The van der Waals surface area contributed by atoms with Gasteiger partial charge in [-0.2, -0.15) is 0 Å². The summed E-state index contributed by atoms with van der Waals surface area (Å²) < 4.78 is 15.8. The Bertz CT molecular complexity index is 377. The van der Waals surface area contributed by atoms with Crippen LogP contribution in [0.4, 0.5) is 0 Å². The number of benzene rings is 1. The highest BCUT2D eigenvalue weighted by Gasteiger charge is 2.36. The molecule has 114 valence electrons. The second kappa shape index (κ2) is 8.70. The molecule has 1 fully saturated rings. The Hall–Kier alpha value is -0.520. The third-order valence-corrected chi connectivity index (χ3v) is 6.21. The van der Waals surface area contributed by atoms with Crippen molar-refractivity contribution in [3.05, 3.63) is 24.3 Å². The van der Waals surface area contributed by atoms with Crippen molar-refractivity contribution in [1.29, 1.82) is 0 Å².